The number of primary amides is 1. The molecule has 0 radical (unpaired) electrons. The minimum atomic E-state index is -0.425. The van der Waals surface area contributed by atoms with Gasteiger partial charge in [0.1, 0.15) is 0 Å². The first-order chi connectivity index (χ1) is 9.16. The van der Waals surface area contributed by atoms with E-state index in [0.29, 0.717) is 26.1 Å². The van der Waals surface area contributed by atoms with E-state index in [4.69, 9.17) is 10.5 Å². The summed E-state index contributed by atoms with van der Waals surface area (Å²) < 4.78 is 5.18. The number of hydrogen-bond acceptors (Lipinski definition) is 3. The maximum Gasteiger partial charge on any atom is 0.225 e. The highest BCUT2D eigenvalue weighted by atomic mass is 16.5. The molecule has 0 spiro atoms. The molecule has 0 aliphatic carbocycles. The van der Waals surface area contributed by atoms with Gasteiger partial charge in [-0.25, -0.2) is 0 Å². The van der Waals surface area contributed by atoms with E-state index in [1.54, 1.807) is 0 Å². The number of nitrogens with one attached hydrogen (secondary N) is 1. The number of ether oxygens (including phenoxy) is 1. The number of nitrogens with two attached hydrogens (primary N) is 1. The summed E-state index contributed by atoms with van der Waals surface area (Å²) in [4.78, 5) is 23.0. The van der Waals surface area contributed by atoms with Crippen molar-refractivity contribution in [2.24, 2.45) is 11.7 Å². The summed E-state index contributed by atoms with van der Waals surface area (Å²) >= 11 is 0. The lowest BCUT2D eigenvalue weighted by atomic mass is 10.0. The van der Waals surface area contributed by atoms with Crippen LogP contribution in [0.3, 0.4) is 0 Å². The molecule has 2 rings (SSSR count). The van der Waals surface area contributed by atoms with Crippen molar-refractivity contribution >= 4 is 11.8 Å². The zero-order valence-corrected chi connectivity index (χ0v) is 10.7. The second-order valence-electron chi connectivity index (χ2n) is 4.71. The van der Waals surface area contributed by atoms with Crippen molar-refractivity contribution in [1.29, 1.82) is 0 Å². The summed E-state index contributed by atoms with van der Waals surface area (Å²) in [5.74, 6) is -0.919. The van der Waals surface area contributed by atoms with Gasteiger partial charge in [-0.15, -0.1) is 0 Å². The van der Waals surface area contributed by atoms with Gasteiger partial charge in [0, 0.05) is 6.42 Å². The van der Waals surface area contributed by atoms with Crippen molar-refractivity contribution in [3.05, 3.63) is 35.9 Å². The molecule has 3 N–H and O–H groups in total. The number of benzene rings is 1. The molecule has 1 aliphatic rings. The average Bonchev–Trinajstić information content (AvgIpc) is 2.86. The van der Waals surface area contributed by atoms with Crippen LogP contribution in [0.25, 0.3) is 0 Å². The first-order valence-corrected chi connectivity index (χ1v) is 6.37. The van der Waals surface area contributed by atoms with Crippen LogP contribution < -0.4 is 11.1 Å². The molecule has 1 aromatic carbocycles. The van der Waals surface area contributed by atoms with Crippen LogP contribution in [0.4, 0.5) is 0 Å². The smallest absolute Gasteiger partial charge is 0.225 e. The number of rotatable bonds is 5. The fourth-order valence-electron chi connectivity index (χ4n) is 2.16. The number of carbonyl (C=O) groups is 2. The molecule has 0 saturated carbocycles. The Morgan fingerprint density at radius 3 is 2.68 bits per heavy atom. The van der Waals surface area contributed by atoms with Crippen LogP contribution in [-0.4, -0.2) is 31.1 Å². The van der Waals surface area contributed by atoms with Crippen LogP contribution in [-0.2, 0) is 20.7 Å². The van der Waals surface area contributed by atoms with Gasteiger partial charge in [0.25, 0.3) is 0 Å². The summed E-state index contributed by atoms with van der Waals surface area (Å²) in [6, 6.07) is 9.51. The lowest BCUT2D eigenvalue weighted by Crippen LogP contribution is -2.44. The second-order valence-corrected chi connectivity index (χ2v) is 4.71. The molecule has 5 heteroatoms. The fourth-order valence-corrected chi connectivity index (χ4v) is 2.16. The maximum absolute atomic E-state index is 11.8. The molecule has 2 amide bonds. The van der Waals surface area contributed by atoms with Gasteiger partial charge in [-0.05, 0) is 12.0 Å². The van der Waals surface area contributed by atoms with Gasteiger partial charge in [-0.2, -0.15) is 0 Å². The summed E-state index contributed by atoms with van der Waals surface area (Å²) in [5, 5.41) is 2.82. The lowest BCUT2D eigenvalue weighted by molar-refractivity contribution is -0.124. The molecule has 0 bridgehead atoms. The van der Waals surface area contributed by atoms with Crippen LogP contribution in [0.15, 0.2) is 30.3 Å². The van der Waals surface area contributed by atoms with Crippen LogP contribution in [0.1, 0.15) is 12.0 Å². The monoisotopic (exact) mass is 262 g/mol. The Morgan fingerprint density at radius 1 is 1.26 bits per heavy atom. The third-order valence-corrected chi connectivity index (χ3v) is 3.28. The zero-order chi connectivity index (χ0) is 13.7. The number of hydrogen-bond donors (Lipinski definition) is 2. The summed E-state index contributed by atoms with van der Waals surface area (Å²) in [6.45, 7) is 0.643. The highest BCUT2D eigenvalue weighted by molar-refractivity contribution is 5.81. The van der Waals surface area contributed by atoms with Crippen molar-refractivity contribution in [3.8, 4) is 0 Å². The Balaban J connectivity index is 1.80. The van der Waals surface area contributed by atoms with E-state index in [0.717, 1.165) is 5.56 Å². The Kier molecular flexibility index (Phi) is 4.52. The van der Waals surface area contributed by atoms with E-state index < -0.39 is 11.8 Å². The van der Waals surface area contributed by atoms with Crippen molar-refractivity contribution < 1.29 is 14.3 Å². The van der Waals surface area contributed by atoms with Gasteiger partial charge in [-0.3, -0.25) is 9.59 Å². The Bertz CT molecular complexity index is 447. The van der Waals surface area contributed by atoms with E-state index in [9.17, 15) is 9.59 Å². The summed E-state index contributed by atoms with van der Waals surface area (Å²) in [6.07, 6.45) is 1.08. The van der Waals surface area contributed by atoms with E-state index in [2.05, 4.69) is 5.32 Å². The molecular weight excluding hydrogens is 244 g/mol. The average molecular weight is 262 g/mol. The fraction of sp³-hybridized carbons (Fsp3) is 0.429. The first-order valence-electron chi connectivity index (χ1n) is 6.37. The minimum absolute atomic E-state index is 0.0781. The molecule has 5 nitrogen and oxygen atoms in total. The highest BCUT2D eigenvalue weighted by Gasteiger charge is 2.33. The van der Waals surface area contributed by atoms with Gasteiger partial charge >= 0.3 is 0 Å². The Morgan fingerprint density at radius 2 is 2.00 bits per heavy atom. The molecule has 0 aromatic heterocycles. The predicted molar refractivity (Wildman–Crippen MR) is 70.2 cm³/mol. The number of aryl methyl sites for hydroxylation is 1. The van der Waals surface area contributed by atoms with Gasteiger partial charge in [0.15, 0.2) is 0 Å². The molecule has 1 aromatic rings. The lowest BCUT2D eigenvalue weighted by Gasteiger charge is -2.16. The molecule has 0 unspecified atom stereocenters. The van der Waals surface area contributed by atoms with Crippen molar-refractivity contribution in [2.45, 2.75) is 18.9 Å². The van der Waals surface area contributed by atoms with E-state index in [-0.39, 0.29) is 11.9 Å². The van der Waals surface area contributed by atoms with Crippen LogP contribution >= 0.6 is 0 Å². The topological polar surface area (TPSA) is 81.4 Å². The van der Waals surface area contributed by atoms with Gasteiger partial charge < -0.3 is 15.8 Å². The molecule has 102 valence electrons. The molecule has 1 saturated heterocycles. The maximum atomic E-state index is 11.8. The van der Waals surface area contributed by atoms with Crippen molar-refractivity contribution in [3.63, 3.8) is 0 Å². The minimum Gasteiger partial charge on any atom is -0.378 e. The summed E-state index contributed by atoms with van der Waals surface area (Å²) in [7, 11) is 0. The normalized spacial score (nSPS) is 22.1. The standard InChI is InChI=1S/C14H18N2O3/c15-14(18)11-8-19-9-12(11)16-13(17)7-6-10-4-2-1-3-5-10/h1-5,11-12H,6-9H2,(H2,15,18)(H,16,17)/t11-,12+/m1/s1. The molecule has 1 aliphatic heterocycles. The molecule has 1 fully saturated rings. The van der Waals surface area contributed by atoms with Crippen molar-refractivity contribution in [1.82, 2.24) is 5.32 Å². The third-order valence-electron chi connectivity index (χ3n) is 3.28. The van der Waals surface area contributed by atoms with Gasteiger partial charge in [0.2, 0.25) is 11.8 Å². The Labute approximate surface area is 112 Å². The largest absolute Gasteiger partial charge is 0.378 e. The molecule has 1 heterocycles. The molecule has 2 atom stereocenters. The van der Waals surface area contributed by atoms with Crippen molar-refractivity contribution in [2.75, 3.05) is 13.2 Å². The zero-order valence-electron chi connectivity index (χ0n) is 10.7. The third kappa shape index (κ3) is 3.79. The van der Waals surface area contributed by atoms with Gasteiger partial charge in [-0.1, -0.05) is 30.3 Å². The SMILES string of the molecule is NC(=O)[C@@H]1COC[C@@H]1NC(=O)CCc1ccccc1. The summed E-state index contributed by atoms with van der Waals surface area (Å²) in [5.41, 5.74) is 6.38. The van der Waals surface area contributed by atoms with Gasteiger partial charge in [0.05, 0.1) is 25.2 Å². The first kappa shape index (κ1) is 13.5. The predicted octanol–water partition coefficient (Wildman–Crippen LogP) is 0.236. The number of carbonyl (C=O) groups excluding carboxylic acids is 2. The van der Waals surface area contributed by atoms with Crippen LogP contribution in [0.2, 0.25) is 0 Å². The second kappa shape index (κ2) is 6.33. The van der Waals surface area contributed by atoms with Crippen LogP contribution in [0.5, 0.6) is 0 Å². The quantitative estimate of drug-likeness (QED) is 0.797. The molecular formula is C14H18N2O3. The van der Waals surface area contributed by atoms with E-state index in [1.807, 2.05) is 30.3 Å². The number of amides is 2. The Hall–Kier alpha value is -1.88. The van der Waals surface area contributed by atoms with Crippen LogP contribution in [0, 0.1) is 5.92 Å². The highest BCUT2D eigenvalue weighted by Crippen LogP contribution is 2.13. The van der Waals surface area contributed by atoms with E-state index >= 15 is 0 Å². The molecule has 19 heavy (non-hydrogen) atoms. The van der Waals surface area contributed by atoms with E-state index in [1.165, 1.54) is 0 Å².